The van der Waals surface area contributed by atoms with Crippen molar-refractivity contribution in [2.24, 2.45) is 0 Å². The van der Waals surface area contributed by atoms with Gasteiger partial charge < -0.3 is 0 Å². The number of benzene rings is 2. The van der Waals surface area contributed by atoms with Crippen LogP contribution in [0.25, 0.3) is 16.7 Å². The fourth-order valence-corrected chi connectivity index (χ4v) is 4.62. The van der Waals surface area contributed by atoms with Crippen LogP contribution in [-0.2, 0) is 11.2 Å². The third kappa shape index (κ3) is 4.16. The van der Waals surface area contributed by atoms with Gasteiger partial charge in [0.25, 0.3) is 5.91 Å². The SMILES string of the molecule is O=C(Cc1csc(NC(=O)c2cccs2)n1)Nc1nc2ccccc2n1-c1ccccc1. The van der Waals surface area contributed by atoms with Crippen molar-refractivity contribution in [2.75, 3.05) is 10.6 Å². The Kier molecular flexibility index (Phi) is 5.49. The maximum atomic E-state index is 12.8. The van der Waals surface area contributed by atoms with Gasteiger partial charge in [0.2, 0.25) is 11.9 Å². The normalized spacial score (nSPS) is 10.9. The molecule has 2 N–H and O–H groups in total. The molecular weight excluding hydrogens is 442 g/mol. The van der Waals surface area contributed by atoms with E-state index >= 15 is 0 Å². The third-order valence-corrected chi connectivity index (χ3v) is 6.36. The molecule has 158 valence electrons. The second-order valence-electron chi connectivity index (χ2n) is 6.90. The molecule has 0 fully saturated rings. The van der Waals surface area contributed by atoms with E-state index in [9.17, 15) is 9.59 Å². The molecule has 3 heterocycles. The van der Waals surface area contributed by atoms with Crippen molar-refractivity contribution in [1.82, 2.24) is 14.5 Å². The van der Waals surface area contributed by atoms with Gasteiger partial charge in [0.05, 0.1) is 28.0 Å². The van der Waals surface area contributed by atoms with E-state index < -0.39 is 0 Å². The van der Waals surface area contributed by atoms with Crippen LogP contribution in [0.3, 0.4) is 0 Å². The molecule has 0 saturated heterocycles. The number of imidazole rings is 1. The molecule has 0 atom stereocenters. The maximum absolute atomic E-state index is 12.8. The average molecular weight is 460 g/mol. The summed E-state index contributed by atoms with van der Waals surface area (Å²) >= 11 is 2.65. The summed E-state index contributed by atoms with van der Waals surface area (Å²) < 4.78 is 1.92. The van der Waals surface area contributed by atoms with Gasteiger partial charge in [0.15, 0.2) is 5.13 Å². The number of carbonyl (C=O) groups is 2. The van der Waals surface area contributed by atoms with Crippen molar-refractivity contribution >= 4 is 56.6 Å². The number of para-hydroxylation sites is 3. The molecule has 7 nitrogen and oxygen atoms in total. The molecule has 0 saturated carbocycles. The molecule has 5 aromatic rings. The van der Waals surface area contributed by atoms with Gasteiger partial charge in [0.1, 0.15) is 0 Å². The van der Waals surface area contributed by atoms with E-state index in [4.69, 9.17) is 0 Å². The fraction of sp³-hybridized carbons (Fsp3) is 0.0435. The zero-order chi connectivity index (χ0) is 21.9. The highest BCUT2D eigenvalue weighted by Crippen LogP contribution is 2.25. The van der Waals surface area contributed by atoms with E-state index in [1.807, 2.05) is 70.6 Å². The van der Waals surface area contributed by atoms with Crippen LogP contribution in [0, 0.1) is 0 Å². The molecule has 3 aromatic heterocycles. The molecule has 32 heavy (non-hydrogen) atoms. The lowest BCUT2D eigenvalue weighted by molar-refractivity contribution is -0.115. The number of carbonyl (C=O) groups excluding carboxylic acids is 2. The van der Waals surface area contributed by atoms with Crippen LogP contribution in [0.2, 0.25) is 0 Å². The highest BCUT2D eigenvalue weighted by atomic mass is 32.1. The maximum Gasteiger partial charge on any atom is 0.267 e. The summed E-state index contributed by atoms with van der Waals surface area (Å²) in [7, 11) is 0. The Labute approximate surface area is 191 Å². The molecule has 2 aromatic carbocycles. The molecule has 0 unspecified atom stereocenters. The molecule has 0 aliphatic heterocycles. The lowest BCUT2D eigenvalue weighted by Gasteiger charge is -2.09. The lowest BCUT2D eigenvalue weighted by Crippen LogP contribution is -2.18. The number of fused-ring (bicyclic) bond motifs is 1. The third-order valence-electron chi connectivity index (χ3n) is 4.69. The topological polar surface area (TPSA) is 88.9 Å². The number of hydrogen-bond donors (Lipinski definition) is 2. The Morgan fingerprint density at radius 2 is 1.69 bits per heavy atom. The van der Waals surface area contributed by atoms with Crippen LogP contribution in [0.1, 0.15) is 15.4 Å². The van der Waals surface area contributed by atoms with Crippen LogP contribution in [0.15, 0.2) is 77.5 Å². The first kappa shape index (κ1) is 20.1. The number of nitrogens with one attached hydrogen (secondary N) is 2. The minimum absolute atomic E-state index is 0.0728. The van der Waals surface area contributed by atoms with Crippen molar-refractivity contribution in [3.8, 4) is 5.69 Å². The van der Waals surface area contributed by atoms with E-state index in [2.05, 4.69) is 20.6 Å². The van der Waals surface area contributed by atoms with Crippen LogP contribution < -0.4 is 10.6 Å². The van der Waals surface area contributed by atoms with Gasteiger partial charge in [-0.25, -0.2) is 9.97 Å². The highest BCUT2D eigenvalue weighted by molar-refractivity contribution is 7.14. The summed E-state index contributed by atoms with van der Waals surface area (Å²) in [5.74, 6) is 0.00435. The molecule has 2 amide bonds. The second kappa shape index (κ2) is 8.74. The Hall–Kier alpha value is -3.82. The number of thiophene rings is 1. The Bertz CT molecular complexity index is 1390. The molecule has 0 radical (unpaired) electrons. The van der Waals surface area contributed by atoms with Gasteiger partial charge in [-0.05, 0) is 35.7 Å². The smallest absolute Gasteiger partial charge is 0.267 e. The molecule has 0 spiro atoms. The zero-order valence-electron chi connectivity index (χ0n) is 16.7. The summed E-state index contributed by atoms with van der Waals surface area (Å²) in [4.78, 5) is 34.5. The Morgan fingerprint density at radius 3 is 2.50 bits per heavy atom. The number of nitrogens with zero attached hydrogens (tertiary/aromatic N) is 3. The van der Waals surface area contributed by atoms with Crippen molar-refractivity contribution in [2.45, 2.75) is 6.42 Å². The minimum atomic E-state index is -0.237. The van der Waals surface area contributed by atoms with Crippen LogP contribution >= 0.6 is 22.7 Å². The average Bonchev–Trinajstić information content (AvgIpc) is 3.54. The molecule has 0 aliphatic carbocycles. The van der Waals surface area contributed by atoms with E-state index in [1.165, 1.54) is 22.7 Å². The summed E-state index contributed by atoms with van der Waals surface area (Å²) in [5, 5.41) is 9.75. The summed E-state index contributed by atoms with van der Waals surface area (Å²) in [5.41, 5.74) is 3.18. The van der Waals surface area contributed by atoms with Gasteiger partial charge in [-0.15, -0.1) is 22.7 Å². The molecule has 0 bridgehead atoms. The van der Waals surface area contributed by atoms with Gasteiger partial charge >= 0.3 is 0 Å². The number of anilines is 2. The van der Waals surface area contributed by atoms with Crippen molar-refractivity contribution in [3.63, 3.8) is 0 Å². The molecular formula is C23H17N5O2S2. The second-order valence-corrected chi connectivity index (χ2v) is 8.70. The van der Waals surface area contributed by atoms with Crippen molar-refractivity contribution in [1.29, 1.82) is 0 Å². The number of amides is 2. The number of thiazole rings is 1. The van der Waals surface area contributed by atoms with Gasteiger partial charge in [0, 0.05) is 11.1 Å². The van der Waals surface area contributed by atoms with E-state index in [0.717, 1.165) is 16.7 Å². The monoisotopic (exact) mass is 459 g/mol. The van der Waals surface area contributed by atoms with Gasteiger partial charge in [-0.1, -0.05) is 36.4 Å². The lowest BCUT2D eigenvalue weighted by atomic mass is 10.3. The van der Waals surface area contributed by atoms with Gasteiger partial charge in [-0.3, -0.25) is 24.8 Å². The predicted molar refractivity (Wildman–Crippen MR) is 128 cm³/mol. The first-order chi connectivity index (χ1) is 15.7. The zero-order valence-corrected chi connectivity index (χ0v) is 18.3. The van der Waals surface area contributed by atoms with Crippen molar-refractivity contribution < 1.29 is 9.59 Å². The Morgan fingerprint density at radius 1 is 0.875 bits per heavy atom. The van der Waals surface area contributed by atoms with Crippen LogP contribution in [0.5, 0.6) is 0 Å². The largest absolute Gasteiger partial charge is 0.297 e. The first-order valence-corrected chi connectivity index (χ1v) is 11.6. The summed E-state index contributed by atoms with van der Waals surface area (Å²) in [6.45, 7) is 0. The van der Waals surface area contributed by atoms with E-state index in [0.29, 0.717) is 21.7 Å². The first-order valence-electron chi connectivity index (χ1n) is 9.79. The molecule has 0 aliphatic rings. The summed E-state index contributed by atoms with van der Waals surface area (Å²) in [6.07, 6.45) is 0.0728. The number of rotatable bonds is 6. The van der Waals surface area contributed by atoms with Crippen LogP contribution in [0.4, 0.5) is 11.1 Å². The molecule has 5 rings (SSSR count). The van der Waals surface area contributed by atoms with Crippen LogP contribution in [-0.4, -0.2) is 26.3 Å². The highest BCUT2D eigenvalue weighted by Gasteiger charge is 2.16. The number of hydrogen-bond acceptors (Lipinski definition) is 6. The van der Waals surface area contributed by atoms with E-state index in [-0.39, 0.29) is 18.2 Å². The quantitative estimate of drug-likeness (QED) is 0.375. The standard InChI is InChI=1S/C23H17N5O2S2/c29-20(13-15-14-32-23(24-15)27-21(30)19-11-6-12-31-19)26-22-25-17-9-4-5-10-18(17)28(22)16-7-2-1-3-8-16/h1-12,14H,13H2,(H,24,27,30)(H,25,26,29). The van der Waals surface area contributed by atoms with E-state index in [1.54, 1.807) is 11.4 Å². The predicted octanol–water partition coefficient (Wildman–Crippen LogP) is 4.98. The summed E-state index contributed by atoms with van der Waals surface area (Å²) in [6, 6.07) is 21.1. The Balaban J connectivity index is 1.33. The minimum Gasteiger partial charge on any atom is -0.297 e. The molecule has 9 heteroatoms. The fourth-order valence-electron chi connectivity index (χ4n) is 3.29. The van der Waals surface area contributed by atoms with Crippen molar-refractivity contribution in [3.05, 3.63) is 88.1 Å². The van der Waals surface area contributed by atoms with Gasteiger partial charge in [-0.2, -0.15) is 0 Å². The number of aromatic nitrogens is 3.